The lowest BCUT2D eigenvalue weighted by Gasteiger charge is -2.13. The smallest absolute Gasteiger partial charge is 0.271 e. The Morgan fingerprint density at radius 2 is 1.48 bits per heavy atom. The normalized spacial score (nSPS) is 11.0. The van der Waals surface area contributed by atoms with Crippen molar-refractivity contribution in [2.45, 2.75) is 4.21 Å². The van der Waals surface area contributed by atoms with E-state index >= 15 is 0 Å². The van der Waals surface area contributed by atoms with E-state index in [-0.39, 0.29) is 15.8 Å². The van der Waals surface area contributed by atoms with E-state index in [0.717, 1.165) is 11.3 Å². The lowest BCUT2D eigenvalue weighted by Crippen LogP contribution is -2.16. The zero-order chi connectivity index (χ0) is 21.7. The first-order chi connectivity index (χ1) is 15.0. The molecule has 0 saturated carbocycles. The molecule has 6 nitrogen and oxygen atoms in total. The fraction of sp³-hybridized carbons (Fsp3) is 0. The van der Waals surface area contributed by atoms with Crippen molar-refractivity contribution in [3.05, 3.63) is 102 Å². The zero-order valence-electron chi connectivity index (χ0n) is 16.2. The SMILES string of the molecule is O=C(Nc1ccccc1NS(=O)(=O)c1cccs1)c1cccc(Oc2ccccc2)c1. The van der Waals surface area contributed by atoms with Crippen molar-refractivity contribution in [2.24, 2.45) is 0 Å². The molecule has 1 amide bonds. The number of nitrogens with one attached hydrogen (secondary N) is 2. The van der Waals surface area contributed by atoms with E-state index in [0.29, 0.717) is 22.7 Å². The number of carbonyl (C=O) groups excluding carboxylic acids is 1. The molecule has 2 N–H and O–H groups in total. The second-order valence-electron chi connectivity index (χ2n) is 6.48. The molecule has 0 spiro atoms. The molecule has 1 aromatic heterocycles. The molecule has 156 valence electrons. The molecule has 0 fully saturated rings. The van der Waals surface area contributed by atoms with Gasteiger partial charge in [-0.15, -0.1) is 11.3 Å². The Balaban J connectivity index is 1.53. The first-order valence-corrected chi connectivity index (χ1v) is 11.7. The lowest BCUT2D eigenvalue weighted by atomic mass is 10.2. The van der Waals surface area contributed by atoms with E-state index in [1.807, 2.05) is 30.3 Å². The summed E-state index contributed by atoms with van der Waals surface area (Å²) in [6.45, 7) is 0. The number of rotatable bonds is 7. The highest BCUT2D eigenvalue weighted by Gasteiger charge is 2.18. The molecule has 1 heterocycles. The third kappa shape index (κ3) is 5.11. The number of ether oxygens (including phenoxy) is 1. The molecule has 0 aliphatic heterocycles. The Hall–Kier alpha value is -3.62. The van der Waals surface area contributed by atoms with Crippen LogP contribution in [0.2, 0.25) is 0 Å². The van der Waals surface area contributed by atoms with Gasteiger partial charge in [0.05, 0.1) is 11.4 Å². The van der Waals surface area contributed by atoms with Crippen molar-refractivity contribution in [1.29, 1.82) is 0 Å². The van der Waals surface area contributed by atoms with Gasteiger partial charge < -0.3 is 10.1 Å². The van der Waals surface area contributed by atoms with Gasteiger partial charge in [-0.3, -0.25) is 9.52 Å². The van der Waals surface area contributed by atoms with Gasteiger partial charge in [0.2, 0.25) is 0 Å². The molecule has 31 heavy (non-hydrogen) atoms. The molecule has 8 heteroatoms. The van der Waals surface area contributed by atoms with Crippen LogP contribution in [0.25, 0.3) is 0 Å². The predicted octanol–water partition coefficient (Wildman–Crippen LogP) is 5.59. The van der Waals surface area contributed by atoms with Gasteiger partial charge >= 0.3 is 0 Å². The Labute approximate surface area is 184 Å². The lowest BCUT2D eigenvalue weighted by molar-refractivity contribution is 0.102. The summed E-state index contributed by atoms with van der Waals surface area (Å²) in [7, 11) is -3.74. The van der Waals surface area contributed by atoms with Crippen molar-refractivity contribution >= 4 is 38.6 Å². The van der Waals surface area contributed by atoms with Crippen molar-refractivity contribution in [3.63, 3.8) is 0 Å². The fourth-order valence-corrected chi connectivity index (χ4v) is 4.89. The first-order valence-electron chi connectivity index (χ1n) is 9.31. The van der Waals surface area contributed by atoms with Gasteiger partial charge in [-0.1, -0.05) is 42.5 Å². The Morgan fingerprint density at radius 1 is 0.774 bits per heavy atom. The van der Waals surface area contributed by atoms with E-state index in [1.54, 1.807) is 60.0 Å². The summed E-state index contributed by atoms with van der Waals surface area (Å²) >= 11 is 1.12. The van der Waals surface area contributed by atoms with E-state index in [4.69, 9.17) is 4.74 Å². The van der Waals surface area contributed by atoms with Crippen molar-refractivity contribution in [1.82, 2.24) is 0 Å². The number of amides is 1. The molecule has 0 atom stereocenters. The Kier molecular flexibility index (Phi) is 6.01. The summed E-state index contributed by atoms with van der Waals surface area (Å²) in [6, 6.07) is 25.8. The number of hydrogen-bond donors (Lipinski definition) is 2. The molecule has 3 aromatic carbocycles. The number of sulfonamides is 1. The van der Waals surface area contributed by atoms with Crippen LogP contribution in [-0.2, 0) is 10.0 Å². The van der Waals surface area contributed by atoms with Gasteiger partial charge in [0, 0.05) is 5.56 Å². The molecule has 0 radical (unpaired) electrons. The van der Waals surface area contributed by atoms with Crippen molar-refractivity contribution in [2.75, 3.05) is 10.0 Å². The van der Waals surface area contributed by atoms with Crippen molar-refractivity contribution in [3.8, 4) is 11.5 Å². The Morgan fingerprint density at radius 3 is 2.23 bits per heavy atom. The summed E-state index contributed by atoms with van der Waals surface area (Å²) in [4.78, 5) is 12.8. The molecule has 4 rings (SSSR count). The van der Waals surface area contributed by atoms with Gasteiger partial charge in [0.1, 0.15) is 15.7 Å². The van der Waals surface area contributed by atoms with Gasteiger partial charge in [-0.05, 0) is 53.9 Å². The molecule has 0 aliphatic carbocycles. The van der Waals surface area contributed by atoms with Crippen LogP contribution >= 0.6 is 11.3 Å². The van der Waals surface area contributed by atoms with Crippen LogP contribution < -0.4 is 14.8 Å². The first kappa shape index (κ1) is 20.6. The predicted molar refractivity (Wildman–Crippen MR) is 122 cm³/mol. The number of thiophene rings is 1. The van der Waals surface area contributed by atoms with E-state index in [2.05, 4.69) is 10.0 Å². The van der Waals surface area contributed by atoms with Gasteiger partial charge in [-0.2, -0.15) is 0 Å². The highest BCUT2D eigenvalue weighted by Crippen LogP contribution is 2.27. The summed E-state index contributed by atoms with van der Waals surface area (Å²) < 4.78 is 33.6. The average molecular weight is 451 g/mol. The summed E-state index contributed by atoms with van der Waals surface area (Å²) in [5, 5.41) is 4.45. The molecule has 0 bridgehead atoms. The maximum Gasteiger partial charge on any atom is 0.271 e. The molecular weight excluding hydrogens is 432 g/mol. The standard InChI is InChI=1S/C23H18N2O4S2/c26-23(17-8-6-11-19(16-17)29-18-9-2-1-3-10-18)24-20-12-4-5-13-21(20)25-31(27,28)22-14-7-15-30-22/h1-16,25H,(H,24,26). The largest absolute Gasteiger partial charge is 0.457 e. The summed E-state index contributed by atoms with van der Waals surface area (Å²) in [5.74, 6) is 0.792. The maximum absolute atomic E-state index is 12.8. The van der Waals surface area contributed by atoms with Crippen LogP contribution in [0.4, 0.5) is 11.4 Å². The minimum atomic E-state index is -3.74. The minimum Gasteiger partial charge on any atom is -0.457 e. The number of benzene rings is 3. The second kappa shape index (κ2) is 9.03. The van der Waals surface area contributed by atoms with E-state index in [1.165, 1.54) is 6.07 Å². The van der Waals surface area contributed by atoms with Gasteiger partial charge in [-0.25, -0.2) is 8.42 Å². The number of carbonyl (C=O) groups is 1. The van der Waals surface area contributed by atoms with Gasteiger partial charge in [0.15, 0.2) is 0 Å². The van der Waals surface area contributed by atoms with E-state index in [9.17, 15) is 13.2 Å². The summed E-state index contributed by atoms with van der Waals surface area (Å²) in [6.07, 6.45) is 0. The molecule has 4 aromatic rings. The second-order valence-corrected chi connectivity index (χ2v) is 9.34. The van der Waals surface area contributed by atoms with Crippen LogP contribution in [0.3, 0.4) is 0 Å². The van der Waals surface area contributed by atoms with Crippen molar-refractivity contribution < 1.29 is 17.9 Å². The number of para-hydroxylation sites is 3. The molecule has 0 aliphatic rings. The van der Waals surface area contributed by atoms with Crippen LogP contribution in [0.15, 0.2) is 101 Å². The Bertz CT molecular complexity index is 1290. The molecule has 0 saturated heterocycles. The zero-order valence-corrected chi connectivity index (χ0v) is 17.8. The monoisotopic (exact) mass is 450 g/mol. The third-order valence-corrected chi connectivity index (χ3v) is 7.02. The maximum atomic E-state index is 12.8. The molecular formula is C23H18N2O4S2. The number of anilines is 2. The molecule has 0 unspecified atom stereocenters. The minimum absolute atomic E-state index is 0.194. The highest BCUT2D eigenvalue weighted by atomic mass is 32.2. The fourth-order valence-electron chi connectivity index (χ4n) is 2.81. The number of hydrogen-bond acceptors (Lipinski definition) is 5. The highest BCUT2D eigenvalue weighted by molar-refractivity contribution is 7.94. The summed E-state index contributed by atoms with van der Waals surface area (Å²) in [5.41, 5.74) is 1.01. The average Bonchev–Trinajstić information content (AvgIpc) is 3.32. The quantitative estimate of drug-likeness (QED) is 0.384. The van der Waals surface area contributed by atoms with Crippen LogP contribution in [0.1, 0.15) is 10.4 Å². The van der Waals surface area contributed by atoms with Crippen LogP contribution in [0, 0.1) is 0 Å². The van der Waals surface area contributed by atoms with E-state index < -0.39 is 10.0 Å². The van der Waals surface area contributed by atoms with Crippen LogP contribution in [0.5, 0.6) is 11.5 Å². The topological polar surface area (TPSA) is 84.5 Å². The van der Waals surface area contributed by atoms with Crippen LogP contribution in [-0.4, -0.2) is 14.3 Å². The third-order valence-electron chi connectivity index (χ3n) is 4.25. The van der Waals surface area contributed by atoms with Gasteiger partial charge in [0.25, 0.3) is 15.9 Å².